The molecule has 2 nitrogen and oxygen atoms in total. The van der Waals surface area contributed by atoms with Gasteiger partial charge in [0, 0.05) is 5.02 Å². The van der Waals surface area contributed by atoms with Gasteiger partial charge in [-0.25, -0.2) is 4.39 Å². The molecule has 1 amide bonds. The van der Waals surface area contributed by atoms with Crippen LogP contribution < -0.4 is 5.32 Å². The minimum absolute atomic E-state index is 0.173. The molecule has 2 aromatic carbocycles. The third kappa shape index (κ3) is 2.71. The van der Waals surface area contributed by atoms with Crippen molar-refractivity contribution in [1.82, 2.24) is 0 Å². The zero-order valence-electron chi connectivity index (χ0n) is 11.7. The second-order valence-electron chi connectivity index (χ2n) is 5.52. The monoisotopic (exact) mass is 337 g/mol. The largest absolute Gasteiger partial charge is 0.324 e. The molecule has 114 valence electrons. The normalized spacial score (nSPS) is 16.0. The van der Waals surface area contributed by atoms with E-state index in [2.05, 4.69) is 5.32 Å². The molecule has 2 aromatic rings. The summed E-state index contributed by atoms with van der Waals surface area (Å²) < 4.78 is 13.5. The van der Waals surface area contributed by atoms with Crippen LogP contribution in [0.3, 0.4) is 0 Å². The first kappa shape index (κ1) is 15.3. The molecular weight excluding hydrogens is 324 g/mol. The number of amides is 1. The second kappa shape index (κ2) is 5.90. The molecule has 0 unspecified atom stereocenters. The van der Waals surface area contributed by atoms with Crippen molar-refractivity contribution in [3.8, 4) is 0 Å². The second-order valence-corrected chi connectivity index (χ2v) is 6.37. The van der Waals surface area contributed by atoms with Crippen molar-refractivity contribution in [2.24, 2.45) is 0 Å². The van der Waals surface area contributed by atoms with E-state index in [-0.39, 0.29) is 11.7 Å². The fraction of sp³-hybridized carbons (Fsp3) is 0.235. The molecule has 0 spiro atoms. The van der Waals surface area contributed by atoms with Crippen molar-refractivity contribution < 1.29 is 9.18 Å². The van der Waals surface area contributed by atoms with Crippen LogP contribution in [0, 0.1) is 5.82 Å². The van der Waals surface area contributed by atoms with Crippen molar-refractivity contribution in [1.29, 1.82) is 0 Å². The van der Waals surface area contributed by atoms with Crippen molar-refractivity contribution in [3.63, 3.8) is 0 Å². The van der Waals surface area contributed by atoms with E-state index in [1.54, 1.807) is 30.3 Å². The Morgan fingerprint density at radius 1 is 1.14 bits per heavy atom. The summed E-state index contributed by atoms with van der Waals surface area (Å²) in [5.74, 6) is -0.508. The van der Waals surface area contributed by atoms with Crippen molar-refractivity contribution >= 4 is 34.8 Å². The molecule has 1 N–H and O–H groups in total. The summed E-state index contributed by atoms with van der Waals surface area (Å²) in [6.07, 6.45) is 2.33. The van der Waals surface area contributed by atoms with Crippen LogP contribution in [0.15, 0.2) is 42.5 Å². The highest BCUT2D eigenvalue weighted by Gasteiger charge is 2.45. The lowest BCUT2D eigenvalue weighted by atomic mass is 9.63. The van der Waals surface area contributed by atoms with Crippen molar-refractivity contribution in [3.05, 3.63) is 63.9 Å². The van der Waals surface area contributed by atoms with Crippen LogP contribution in [0.2, 0.25) is 10.0 Å². The molecule has 0 atom stereocenters. The fourth-order valence-corrected chi connectivity index (χ4v) is 3.14. The molecule has 3 rings (SSSR count). The van der Waals surface area contributed by atoms with Gasteiger partial charge in [0.15, 0.2) is 0 Å². The lowest BCUT2D eigenvalue weighted by molar-refractivity contribution is -0.124. The quantitative estimate of drug-likeness (QED) is 0.819. The van der Waals surface area contributed by atoms with Crippen molar-refractivity contribution in [2.75, 3.05) is 5.32 Å². The molecule has 5 heteroatoms. The highest BCUT2D eigenvalue weighted by Crippen LogP contribution is 2.45. The Morgan fingerprint density at radius 3 is 2.55 bits per heavy atom. The maximum absolute atomic E-state index is 13.5. The smallest absolute Gasteiger partial charge is 0.235 e. The number of hydrogen-bond donors (Lipinski definition) is 1. The van der Waals surface area contributed by atoms with Gasteiger partial charge in [-0.3, -0.25) is 4.79 Å². The first-order valence-electron chi connectivity index (χ1n) is 7.04. The number of halogens is 3. The van der Waals surface area contributed by atoms with Gasteiger partial charge in [-0.15, -0.1) is 0 Å². The van der Waals surface area contributed by atoms with E-state index >= 15 is 0 Å². The molecule has 1 saturated carbocycles. The molecule has 0 aromatic heterocycles. The van der Waals surface area contributed by atoms with Gasteiger partial charge >= 0.3 is 0 Å². The van der Waals surface area contributed by atoms with E-state index < -0.39 is 5.41 Å². The Labute approximate surface area is 138 Å². The van der Waals surface area contributed by atoms with Crippen LogP contribution in [-0.4, -0.2) is 5.91 Å². The highest BCUT2D eigenvalue weighted by atomic mass is 35.5. The molecular formula is C17H14Cl2FNO. The maximum Gasteiger partial charge on any atom is 0.235 e. The van der Waals surface area contributed by atoms with E-state index in [9.17, 15) is 9.18 Å². The molecule has 1 aliphatic carbocycles. The van der Waals surface area contributed by atoms with Crippen LogP contribution in [0.4, 0.5) is 10.1 Å². The van der Waals surface area contributed by atoms with Gasteiger partial charge < -0.3 is 5.32 Å². The minimum atomic E-state index is -0.687. The molecule has 0 bridgehead atoms. The topological polar surface area (TPSA) is 29.1 Å². The predicted molar refractivity (Wildman–Crippen MR) is 87.0 cm³/mol. The number of anilines is 1. The minimum Gasteiger partial charge on any atom is -0.324 e. The van der Waals surface area contributed by atoms with Crippen LogP contribution in [0.1, 0.15) is 24.8 Å². The predicted octanol–water partition coefficient (Wildman–Crippen LogP) is 5.19. The average molecular weight is 338 g/mol. The van der Waals surface area contributed by atoms with E-state index in [0.717, 1.165) is 6.42 Å². The van der Waals surface area contributed by atoms with Gasteiger partial charge in [0.1, 0.15) is 5.82 Å². The summed E-state index contributed by atoms with van der Waals surface area (Å²) in [6, 6.07) is 11.1. The SMILES string of the molecule is O=C(Nc1cc(Cl)ccc1Cl)C1(c2cccc(F)c2)CCC1. The highest BCUT2D eigenvalue weighted by molar-refractivity contribution is 6.35. The van der Waals surface area contributed by atoms with Crippen LogP contribution in [0.5, 0.6) is 0 Å². The molecule has 0 aliphatic heterocycles. The molecule has 0 saturated heterocycles. The summed E-state index contributed by atoms with van der Waals surface area (Å²) in [5.41, 5.74) is 0.490. The number of carbonyl (C=O) groups excluding carboxylic acids is 1. The lowest BCUT2D eigenvalue weighted by Crippen LogP contribution is -2.46. The van der Waals surface area contributed by atoms with Gasteiger partial charge in [-0.05, 0) is 48.7 Å². The van der Waals surface area contributed by atoms with E-state index in [1.807, 2.05) is 0 Å². The Bertz CT molecular complexity index is 728. The molecule has 1 fully saturated rings. The Balaban J connectivity index is 1.91. The first-order chi connectivity index (χ1) is 10.5. The summed E-state index contributed by atoms with van der Waals surface area (Å²) in [7, 11) is 0. The number of benzene rings is 2. The van der Waals surface area contributed by atoms with Gasteiger partial charge in [0.05, 0.1) is 16.1 Å². The number of nitrogens with one attached hydrogen (secondary N) is 1. The van der Waals surface area contributed by atoms with Crippen molar-refractivity contribution in [2.45, 2.75) is 24.7 Å². The summed E-state index contributed by atoms with van der Waals surface area (Å²) in [4.78, 5) is 12.8. The molecule has 0 radical (unpaired) electrons. The third-order valence-electron chi connectivity index (χ3n) is 4.20. The fourth-order valence-electron chi connectivity index (χ4n) is 2.80. The maximum atomic E-state index is 13.5. The third-order valence-corrected chi connectivity index (χ3v) is 4.76. The Morgan fingerprint density at radius 2 is 1.91 bits per heavy atom. The standard InChI is InChI=1S/C17H14Cl2FNO/c18-12-5-6-14(19)15(10-12)21-16(22)17(7-2-8-17)11-3-1-4-13(20)9-11/h1,3-6,9-10H,2,7-8H2,(H,21,22). The van der Waals surface area contributed by atoms with Crippen LogP contribution >= 0.6 is 23.2 Å². The Hall–Kier alpha value is -1.58. The number of rotatable bonds is 3. The van der Waals surface area contributed by atoms with Gasteiger partial charge in [0.2, 0.25) is 5.91 Å². The molecule has 1 aliphatic rings. The summed E-state index contributed by atoms with van der Waals surface area (Å²) >= 11 is 12.0. The summed E-state index contributed by atoms with van der Waals surface area (Å²) in [5, 5.41) is 3.75. The van der Waals surface area contributed by atoms with E-state index in [0.29, 0.717) is 34.1 Å². The van der Waals surface area contributed by atoms with Gasteiger partial charge in [-0.2, -0.15) is 0 Å². The van der Waals surface area contributed by atoms with Gasteiger partial charge in [0.25, 0.3) is 0 Å². The zero-order valence-corrected chi connectivity index (χ0v) is 13.2. The zero-order chi connectivity index (χ0) is 15.7. The number of carbonyl (C=O) groups is 1. The lowest BCUT2D eigenvalue weighted by Gasteiger charge is -2.40. The van der Waals surface area contributed by atoms with Crippen LogP contribution in [0.25, 0.3) is 0 Å². The Kier molecular flexibility index (Phi) is 4.11. The summed E-state index contributed by atoms with van der Waals surface area (Å²) in [6.45, 7) is 0. The average Bonchev–Trinajstić information content (AvgIpc) is 2.42. The number of hydrogen-bond acceptors (Lipinski definition) is 1. The van der Waals surface area contributed by atoms with Gasteiger partial charge in [-0.1, -0.05) is 41.8 Å². The molecule has 0 heterocycles. The van der Waals surface area contributed by atoms with E-state index in [4.69, 9.17) is 23.2 Å². The van der Waals surface area contributed by atoms with E-state index in [1.165, 1.54) is 12.1 Å². The molecule has 22 heavy (non-hydrogen) atoms. The first-order valence-corrected chi connectivity index (χ1v) is 7.79. The van der Waals surface area contributed by atoms with Crippen LogP contribution in [-0.2, 0) is 10.2 Å².